The van der Waals surface area contributed by atoms with Crippen molar-refractivity contribution in [3.05, 3.63) is 0 Å². The van der Waals surface area contributed by atoms with Gasteiger partial charge in [-0.1, -0.05) is 26.7 Å². The van der Waals surface area contributed by atoms with Gasteiger partial charge in [0.2, 0.25) is 0 Å². The van der Waals surface area contributed by atoms with Gasteiger partial charge in [0.1, 0.15) is 6.04 Å². The van der Waals surface area contributed by atoms with Crippen LogP contribution < -0.4 is 5.32 Å². The average Bonchev–Trinajstić information content (AvgIpc) is 2.40. The van der Waals surface area contributed by atoms with E-state index < -0.39 is 6.04 Å². The number of ether oxygens (including phenoxy) is 2. The number of unbranched alkanes of at least 4 members (excludes halogenated alkanes) is 2. The number of carbonyl (C=O) groups excluding carboxylic acids is 2. The molecule has 5 heteroatoms. The molecular weight excluding hydrogens is 246 g/mol. The molecule has 0 rings (SSSR count). The normalized spacial score (nSPS) is 11.9. The van der Waals surface area contributed by atoms with Crippen LogP contribution in [0, 0.1) is 0 Å². The Kier molecular flexibility index (Phi) is 11.3. The van der Waals surface area contributed by atoms with Gasteiger partial charge in [0, 0.05) is 6.42 Å². The molecule has 1 atom stereocenters. The molecule has 5 nitrogen and oxygen atoms in total. The third-order valence-corrected chi connectivity index (χ3v) is 2.77. The van der Waals surface area contributed by atoms with E-state index in [1.165, 1.54) is 0 Å². The molecule has 0 saturated carbocycles. The van der Waals surface area contributed by atoms with E-state index in [-0.39, 0.29) is 18.4 Å². The first-order chi connectivity index (χ1) is 9.15. The van der Waals surface area contributed by atoms with Crippen molar-refractivity contribution in [1.82, 2.24) is 5.32 Å². The summed E-state index contributed by atoms with van der Waals surface area (Å²) < 4.78 is 10.1. The number of rotatable bonds is 11. The topological polar surface area (TPSA) is 64.6 Å². The zero-order valence-corrected chi connectivity index (χ0v) is 12.4. The monoisotopic (exact) mass is 273 g/mol. The van der Waals surface area contributed by atoms with Gasteiger partial charge in [-0.2, -0.15) is 0 Å². The maximum atomic E-state index is 11.7. The highest BCUT2D eigenvalue weighted by Gasteiger charge is 2.19. The number of nitrogens with one attached hydrogen (secondary N) is 1. The molecule has 0 aliphatic rings. The van der Waals surface area contributed by atoms with E-state index in [0.717, 1.165) is 25.7 Å². The van der Waals surface area contributed by atoms with Crippen molar-refractivity contribution in [1.29, 1.82) is 0 Å². The van der Waals surface area contributed by atoms with Crippen molar-refractivity contribution < 1.29 is 19.1 Å². The Balaban J connectivity index is 3.84. The van der Waals surface area contributed by atoms with Gasteiger partial charge in [0.15, 0.2) is 0 Å². The molecule has 19 heavy (non-hydrogen) atoms. The summed E-state index contributed by atoms with van der Waals surface area (Å²) in [6.07, 6.45) is 4.36. The van der Waals surface area contributed by atoms with Crippen LogP contribution in [0.25, 0.3) is 0 Å². The zero-order chi connectivity index (χ0) is 14.5. The highest BCUT2D eigenvalue weighted by molar-refractivity contribution is 5.77. The lowest BCUT2D eigenvalue weighted by molar-refractivity contribution is -0.147. The molecule has 0 aliphatic carbocycles. The molecule has 0 heterocycles. The van der Waals surface area contributed by atoms with Gasteiger partial charge in [-0.05, 0) is 26.3 Å². The van der Waals surface area contributed by atoms with E-state index in [1.807, 2.05) is 13.8 Å². The summed E-state index contributed by atoms with van der Waals surface area (Å²) >= 11 is 0. The summed E-state index contributed by atoms with van der Waals surface area (Å²) in [5.41, 5.74) is 0. The Bertz CT molecular complexity index is 256. The standard InChI is InChI=1S/C14H27NO4/c1-4-6-10-18-13(16)9-8-12(15-3)14(17)19-11-7-5-2/h12,15H,4-11H2,1-3H3. The van der Waals surface area contributed by atoms with E-state index in [2.05, 4.69) is 5.32 Å². The molecule has 0 aromatic rings. The molecule has 1 unspecified atom stereocenters. The summed E-state index contributed by atoms with van der Waals surface area (Å²) in [7, 11) is 1.69. The Hall–Kier alpha value is -1.10. The Morgan fingerprint density at radius 1 is 1.05 bits per heavy atom. The van der Waals surface area contributed by atoms with Gasteiger partial charge in [-0.25, -0.2) is 0 Å². The lowest BCUT2D eigenvalue weighted by Crippen LogP contribution is -2.36. The zero-order valence-electron chi connectivity index (χ0n) is 12.4. The van der Waals surface area contributed by atoms with Gasteiger partial charge in [-0.15, -0.1) is 0 Å². The molecular formula is C14H27NO4. The quantitative estimate of drug-likeness (QED) is 0.461. The van der Waals surface area contributed by atoms with Crippen molar-refractivity contribution >= 4 is 11.9 Å². The number of hydrogen-bond donors (Lipinski definition) is 1. The minimum Gasteiger partial charge on any atom is -0.466 e. The molecule has 0 amide bonds. The maximum absolute atomic E-state index is 11.7. The van der Waals surface area contributed by atoms with Gasteiger partial charge in [0.05, 0.1) is 13.2 Å². The fourth-order valence-corrected chi connectivity index (χ4v) is 1.46. The van der Waals surface area contributed by atoms with Crippen LogP contribution in [0.1, 0.15) is 52.4 Å². The Labute approximate surface area is 116 Å². The lowest BCUT2D eigenvalue weighted by Gasteiger charge is -2.14. The molecule has 0 aromatic heterocycles. The first kappa shape index (κ1) is 17.9. The van der Waals surface area contributed by atoms with Gasteiger partial charge >= 0.3 is 11.9 Å². The molecule has 0 bridgehead atoms. The second kappa shape index (κ2) is 12.0. The van der Waals surface area contributed by atoms with E-state index in [4.69, 9.17) is 9.47 Å². The first-order valence-corrected chi connectivity index (χ1v) is 7.15. The molecule has 0 saturated heterocycles. The van der Waals surface area contributed by atoms with Gasteiger partial charge in [0.25, 0.3) is 0 Å². The first-order valence-electron chi connectivity index (χ1n) is 7.15. The summed E-state index contributed by atoms with van der Waals surface area (Å²) in [4.78, 5) is 23.1. The Morgan fingerprint density at radius 3 is 2.16 bits per heavy atom. The minimum atomic E-state index is -0.435. The highest BCUT2D eigenvalue weighted by Crippen LogP contribution is 2.03. The van der Waals surface area contributed by atoms with Crippen LogP contribution in [0.2, 0.25) is 0 Å². The third-order valence-electron chi connectivity index (χ3n) is 2.77. The fourth-order valence-electron chi connectivity index (χ4n) is 1.46. The number of hydrogen-bond acceptors (Lipinski definition) is 5. The SMILES string of the molecule is CCCCOC(=O)CCC(NC)C(=O)OCCCC. The predicted molar refractivity (Wildman–Crippen MR) is 73.8 cm³/mol. The molecule has 0 radical (unpaired) electrons. The lowest BCUT2D eigenvalue weighted by atomic mass is 10.1. The van der Waals surface area contributed by atoms with E-state index in [9.17, 15) is 9.59 Å². The molecule has 0 aliphatic heterocycles. The Morgan fingerprint density at radius 2 is 1.63 bits per heavy atom. The smallest absolute Gasteiger partial charge is 0.323 e. The van der Waals surface area contributed by atoms with Crippen LogP contribution >= 0.6 is 0 Å². The second-order valence-electron chi connectivity index (χ2n) is 4.48. The third kappa shape index (κ3) is 9.47. The van der Waals surface area contributed by atoms with Crippen LogP contribution in [0.15, 0.2) is 0 Å². The fraction of sp³-hybridized carbons (Fsp3) is 0.857. The molecule has 0 spiro atoms. The van der Waals surface area contributed by atoms with Gasteiger partial charge < -0.3 is 14.8 Å². The summed E-state index contributed by atoms with van der Waals surface area (Å²) in [6.45, 7) is 4.97. The number of carbonyl (C=O) groups is 2. The van der Waals surface area contributed by atoms with Crippen LogP contribution in [-0.2, 0) is 19.1 Å². The molecule has 1 N–H and O–H groups in total. The van der Waals surface area contributed by atoms with Crippen molar-refractivity contribution in [3.8, 4) is 0 Å². The average molecular weight is 273 g/mol. The highest BCUT2D eigenvalue weighted by atomic mass is 16.5. The van der Waals surface area contributed by atoms with Crippen molar-refractivity contribution in [2.24, 2.45) is 0 Å². The molecule has 0 aromatic carbocycles. The van der Waals surface area contributed by atoms with Crippen LogP contribution in [0.4, 0.5) is 0 Å². The molecule has 112 valence electrons. The summed E-state index contributed by atoms with van der Waals surface area (Å²) in [6, 6.07) is -0.435. The minimum absolute atomic E-state index is 0.234. The van der Waals surface area contributed by atoms with Crippen LogP contribution in [-0.4, -0.2) is 38.2 Å². The van der Waals surface area contributed by atoms with E-state index >= 15 is 0 Å². The van der Waals surface area contributed by atoms with Crippen molar-refractivity contribution in [2.75, 3.05) is 20.3 Å². The van der Waals surface area contributed by atoms with Gasteiger partial charge in [-0.3, -0.25) is 9.59 Å². The summed E-state index contributed by atoms with van der Waals surface area (Å²) in [5, 5.41) is 2.87. The van der Waals surface area contributed by atoms with Crippen molar-refractivity contribution in [3.63, 3.8) is 0 Å². The van der Waals surface area contributed by atoms with E-state index in [0.29, 0.717) is 19.6 Å². The maximum Gasteiger partial charge on any atom is 0.323 e. The van der Waals surface area contributed by atoms with Crippen LogP contribution in [0.5, 0.6) is 0 Å². The van der Waals surface area contributed by atoms with Crippen molar-refractivity contribution in [2.45, 2.75) is 58.4 Å². The number of likely N-dealkylation sites (N-methyl/N-ethyl adjacent to an activating group) is 1. The predicted octanol–water partition coefficient (Wildman–Crippen LogP) is 2.04. The van der Waals surface area contributed by atoms with Crippen LogP contribution in [0.3, 0.4) is 0 Å². The van der Waals surface area contributed by atoms with E-state index in [1.54, 1.807) is 7.05 Å². The largest absolute Gasteiger partial charge is 0.466 e. The second-order valence-corrected chi connectivity index (χ2v) is 4.48. The number of esters is 2. The summed E-state index contributed by atoms with van der Waals surface area (Å²) in [5.74, 6) is -0.549. The molecule has 0 fully saturated rings.